The van der Waals surface area contributed by atoms with Gasteiger partial charge in [-0.25, -0.2) is 0 Å². The molecule has 4 N–H and O–H groups in total. The summed E-state index contributed by atoms with van der Waals surface area (Å²) in [6.07, 6.45) is 0. The van der Waals surface area contributed by atoms with E-state index in [0.717, 1.165) is 11.1 Å². The van der Waals surface area contributed by atoms with Crippen LogP contribution in [0.25, 0.3) is 0 Å². The second kappa shape index (κ2) is 7.64. The summed E-state index contributed by atoms with van der Waals surface area (Å²) in [5, 5.41) is 0. The fraction of sp³-hybridized carbons (Fsp3) is 0.250. The summed E-state index contributed by atoms with van der Waals surface area (Å²) in [5.41, 5.74) is 14.4. The Morgan fingerprint density at radius 1 is 0.611 bits per heavy atom. The van der Waals surface area contributed by atoms with Crippen molar-refractivity contribution in [2.75, 3.05) is 0 Å². The molecule has 0 saturated carbocycles. The molecular weight excluding hydrogens is 220 g/mol. The smallest absolute Gasteiger partial charge is 0.0491 e. The zero-order valence-electron chi connectivity index (χ0n) is 11.1. The van der Waals surface area contributed by atoms with Crippen LogP contribution in [0.2, 0.25) is 0 Å². The second-order valence-corrected chi connectivity index (χ2v) is 3.87. The Morgan fingerprint density at radius 2 is 0.889 bits per heavy atom. The van der Waals surface area contributed by atoms with Crippen LogP contribution in [0.1, 0.15) is 37.1 Å². The van der Waals surface area contributed by atoms with Crippen LogP contribution in [-0.4, -0.2) is 0 Å². The average Bonchev–Trinajstić information content (AvgIpc) is 2.49. The zero-order valence-corrected chi connectivity index (χ0v) is 11.1. The van der Waals surface area contributed by atoms with Crippen molar-refractivity contribution in [2.24, 2.45) is 11.5 Å². The molecule has 18 heavy (non-hydrogen) atoms. The van der Waals surface area contributed by atoms with Gasteiger partial charge >= 0.3 is 0 Å². The molecule has 0 aliphatic rings. The lowest BCUT2D eigenvalue weighted by molar-refractivity contribution is 0.574. The number of benzene rings is 2. The molecule has 0 heterocycles. The minimum absolute atomic E-state index is 0.163. The van der Waals surface area contributed by atoms with Crippen LogP contribution in [0, 0.1) is 0 Å². The summed E-state index contributed by atoms with van der Waals surface area (Å²) >= 11 is 0. The molecular formula is C16H22N2. The van der Waals surface area contributed by atoms with Gasteiger partial charge in [0.15, 0.2) is 0 Å². The van der Waals surface area contributed by atoms with E-state index in [1.165, 1.54) is 0 Å². The fourth-order valence-electron chi connectivity index (χ4n) is 1.77. The Morgan fingerprint density at radius 3 is 1.17 bits per heavy atom. The molecule has 0 fully saturated rings. The van der Waals surface area contributed by atoms with Gasteiger partial charge < -0.3 is 11.5 Å². The van der Waals surface area contributed by atoms with E-state index in [1.807, 2.05) is 74.5 Å². The molecule has 0 amide bonds. The van der Waals surface area contributed by atoms with E-state index < -0.39 is 0 Å². The van der Waals surface area contributed by atoms with Gasteiger partial charge in [0.2, 0.25) is 0 Å². The lowest BCUT2D eigenvalue weighted by Crippen LogP contribution is -2.26. The van der Waals surface area contributed by atoms with Gasteiger partial charge in [-0.15, -0.1) is 0 Å². The van der Waals surface area contributed by atoms with Crippen LogP contribution < -0.4 is 11.5 Å². The van der Waals surface area contributed by atoms with E-state index >= 15 is 0 Å². The third-order valence-corrected chi connectivity index (χ3v) is 2.76. The SMILES string of the molecule is CC.NC(c1ccccc1)C(N)c1ccccc1. The van der Waals surface area contributed by atoms with Crippen molar-refractivity contribution >= 4 is 0 Å². The largest absolute Gasteiger partial charge is 0.322 e. The van der Waals surface area contributed by atoms with Crippen LogP contribution in [-0.2, 0) is 0 Å². The van der Waals surface area contributed by atoms with Crippen molar-refractivity contribution in [1.82, 2.24) is 0 Å². The molecule has 0 spiro atoms. The highest BCUT2D eigenvalue weighted by Gasteiger charge is 2.16. The van der Waals surface area contributed by atoms with Crippen molar-refractivity contribution in [1.29, 1.82) is 0 Å². The predicted octanol–water partition coefficient (Wildman–Crippen LogP) is 3.41. The van der Waals surface area contributed by atoms with E-state index in [-0.39, 0.29) is 12.1 Å². The Kier molecular flexibility index (Phi) is 6.12. The molecule has 2 heteroatoms. The highest BCUT2D eigenvalue weighted by molar-refractivity contribution is 5.26. The van der Waals surface area contributed by atoms with E-state index in [9.17, 15) is 0 Å². The van der Waals surface area contributed by atoms with Crippen molar-refractivity contribution in [3.8, 4) is 0 Å². The van der Waals surface area contributed by atoms with E-state index in [4.69, 9.17) is 11.5 Å². The normalized spacial score (nSPS) is 13.1. The third kappa shape index (κ3) is 3.69. The monoisotopic (exact) mass is 242 g/mol. The van der Waals surface area contributed by atoms with Crippen LogP contribution in [0.4, 0.5) is 0 Å². The molecule has 2 rings (SSSR count). The molecule has 0 bridgehead atoms. The molecule has 0 aliphatic heterocycles. The van der Waals surface area contributed by atoms with Crippen LogP contribution in [0.15, 0.2) is 60.7 Å². The molecule has 0 aromatic heterocycles. The van der Waals surface area contributed by atoms with Gasteiger partial charge in [0.25, 0.3) is 0 Å². The maximum atomic E-state index is 6.15. The van der Waals surface area contributed by atoms with Gasteiger partial charge in [-0.1, -0.05) is 74.5 Å². The molecule has 2 unspecified atom stereocenters. The van der Waals surface area contributed by atoms with E-state index in [0.29, 0.717) is 0 Å². The van der Waals surface area contributed by atoms with Gasteiger partial charge in [-0.3, -0.25) is 0 Å². The Labute approximate surface area is 110 Å². The van der Waals surface area contributed by atoms with E-state index in [1.54, 1.807) is 0 Å². The molecule has 0 aliphatic carbocycles. The first kappa shape index (κ1) is 14.4. The Balaban J connectivity index is 0.000000771. The summed E-state index contributed by atoms with van der Waals surface area (Å²) in [5.74, 6) is 0. The van der Waals surface area contributed by atoms with Gasteiger partial charge in [0.05, 0.1) is 0 Å². The minimum Gasteiger partial charge on any atom is -0.322 e. The fourth-order valence-corrected chi connectivity index (χ4v) is 1.77. The minimum atomic E-state index is -0.163. The molecule has 2 aromatic rings. The van der Waals surface area contributed by atoms with Crippen LogP contribution >= 0.6 is 0 Å². The highest BCUT2D eigenvalue weighted by Crippen LogP contribution is 2.23. The highest BCUT2D eigenvalue weighted by atomic mass is 14.8. The summed E-state index contributed by atoms with van der Waals surface area (Å²) < 4.78 is 0. The van der Waals surface area contributed by atoms with Gasteiger partial charge in [-0.05, 0) is 11.1 Å². The maximum absolute atomic E-state index is 6.15. The van der Waals surface area contributed by atoms with Gasteiger partial charge in [0, 0.05) is 12.1 Å². The lowest BCUT2D eigenvalue weighted by Gasteiger charge is -2.20. The van der Waals surface area contributed by atoms with Crippen molar-refractivity contribution in [2.45, 2.75) is 25.9 Å². The summed E-state index contributed by atoms with van der Waals surface area (Å²) in [4.78, 5) is 0. The summed E-state index contributed by atoms with van der Waals surface area (Å²) in [6.45, 7) is 4.00. The van der Waals surface area contributed by atoms with Crippen LogP contribution in [0.5, 0.6) is 0 Å². The van der Waals surface area contributed by atoms with Gasteiger partial charge in [-0.2, -0.15) is 0 Å². The Bertz CT molecular complexity index is 382. The number of hydrogen-bond donors (Lipinski definition) is 2. The predicted molar refractivity (Wildman–Crippen MR) is 78.1 cm³/mol. The van der Waals surface area contributed by atoms with Crippen molar-refractivity contribution in [3.05, 3.63) is 71.8 Å². The first-order valence-electron chi connectivity index (χ1n) is 6.40. The standard InChI is InChI=1S/C14H16N2.C2H6/c15-13(11-7-3-1-4-8-11)14(16)12-9-5-2-6-10-12;1-2/h1-10,13-14H,15-16H2;1-2H3. The van der Waals surface area contributed by atoms with Crippen molar-refractivity contribution < 1.29 is 0 Å². The average molecular weight is 242 g/mol. The maximum Gasteiger partial charge on any atom is 0.0491 e. The molecule has 2 atom stereocenters. The third-order valence-electron chi connectivity index (χ3n) is 2.76. The van der Waals surface area contributed by atoms with Crippen molar-refractivity contribution in [3.63, 3.8) is 0 Å². The summed E-state index contributed by atoms with van der Waals surface area (Å²) in [7, 11) is 0. The number of hydrogen-bond acceptors (Lipinski definition) is 2. The topological polar surface area (TPSA) is 52.0 Å². The first-order chi connectivity index (χ1) is 8.79. The Hall–Kier alpha value is -1.64. The van der Waals surface area contributed by atoms with E-state index in [2.05, 4.69) is 0 Å². The zero-order chi connectivity index (χ0) is 13.4. The molecule has 2 nitrogen and oxygen atoms in total. The molecule has 0 radical (unpaired) electrons. The first-order valence-corrected chi connectivity index (χ1v) is 6.40. The molecule has 0 saturated heterocycles. The van der Waals surface area contributed by atoms with Gasteiger partial charge in [0.1, 0.15) is 0 Å². The lowest BCUT2D eigenvalue weighted by atomic mass is 9.95. The number of nitrogens with two attached hydrogens (primary N) is 2. The van der Waals surface area contributed by atoms with Crippen LogP contribution in [0.3, 0.4) is 0 Å². The quantitative estimate of drug-likeness (QED) is 0.866. The molecule has 2 aromatic carbocycles. The number of rotatable bonds is 3. The molecule has 96 valence electrons. The second-order valence-electron chi connectivity index (χ2n) is 3.87. The summed E-state index contributed by atoms with van der Waals surface area (Å²) in [6, 6.07) is 19.6.